The molecule has 1 amide bonds. The predicted octanol–water partition coefficient (Wildman–Crippen LogP) is 0.152. The first kappa shape index (κ1) is 13.9. The van der Waals surface area contributed by atoms with Crippen LogP contribution in [-0.2, 0) is 4.79 Å². The van der Waals surface area contributed by atoms with Gasteiger partial charge in [0, 0.05) is 35.2 Å². The van der Waals surface area contributed by atoms with Crippen molar-refractivity contribution in [2.24, 2.45) is 0 Å². The Balaban J connectivity index is 3.26. The topological polar surface area (TPSA) is 65.5 Å². The van der Waals surface area contributed by atoms with E-state index >= 15 is 0 Å². The summed E-state index contributed by atoms with van der Waals surface area (Å²) in [6.45, 7) is 3.44. The highest BCUT2D eigenvalue weighted by Gasteiger charge is 2.15. The molecular formula is C11H18N6O. The van der Waals surface area contributed by atoms with Crippen LogP contribution in [0.3, 0.4) is 0 Å². The number of carbonyl (C=O) groups is 1. The molecule has 0 radical (unpaired) electrons. The zero-order valence-corrected chi connectivity index (χ0v) is 11.4. The number of carbonyl (C=O) groups excluding carboxylic acids is 1. The van der Waals surface area contributed by atoms with Crippen molar-refractivity contribution in [3.8, 4) is 0 Å². The van der Waals surface area contributed by atoms with Crippen LogP contribution < -0.4 is 14.7 Å². The molecular weight excluding hydrogens is 232 g/mol. The van der Waals surface area contributed by atoms with Crippen molar-refractivity contribution in [2.45, 2.75) is 0 Å². The second-order valence-corrected chi connectivity index (χ2v) is 4.13. The van der Waals surface area contributed by atoms with Gasteiger partial charge in [0.05, 0.1) is 0 Å². The molecule has 1 rings (SSSR count). The lowest BCUT2D eigenvalue weighted by Gasteiger charge is -2.19. The summed E-state index contributed by atoms with van der Waals surface area (Å²) >= 11 is 0. The first-order valence-electron chi connectivity index (χ1n) is 5.37. The van der Waals surface area contributed by atoms with Gasteiger partial charge in [0.1, 0.15) is 0 Å². The molecule has 0 N–H and O–H groups in total. The SMILES string of the molecule is C=CC(=O)N(C)c1nc(N(C)C)nc(N(C)C)n1. The average molecular weight is 250 g/mol. The van der Waals surface area contributed by atoms with Crippen LogP contribution in [0.25, 0.3) is 0 Å². The Hall–Kier alpha value is -2.18. The number of hydrogen-bond acceptors (Lipinski definition) is 6. The fourth-order valence-corrected chi connectivity index (χ4v) is 1.13. The Labute approximate surface area is 107 Å². The molecule has 0 atom stereocenters. The minimum absolute atomic E-state index is 0.268. The van der Waals surface area contributed by atoms with Crippen LogP contribution in [0.2, 0.25) is 0 Å². The fraction of sp³-hybridized carbons (Fsp3) is 0.455. The van der Waals surface area contributed by atoms with E-state index in [1.807, 2.05) is 28.2 Å². The van der Waals surface area contributed by atoms with Crippen molar-refractivity contribution in [2.75, 3.05) is 49.9 Å². The van der Waals surface area contributed by atoms with Crippen LogP contribution in [-0.4, -0.2) is 56.1 Å². The molecule has 0 spiro atoms. The van der Waals surface area contributed by atoms with Crippen LogP contribution in [0.4, 0.5) is 17.8 Å². The maximum Gasteiger partial charge on any atom is 0.252 e. The fourth-order valence-electron chi connectivity index (χ4n) is 1.13. The van der Waals surface area contributed by atoms with E-state index in [4.69, 9.17) is 0 Å². The van der Waals surface area contributed by atoms with Gasteiger partial charge in [0.25, 0.3) is 5.91 Å². The lowest BCUT2D eigenvalue weighted by atomic mass is 10.5. The van der Waals surface area contributed by atoms with E-state index in [0.29, 0.717) is 17.8 Å². The highest BCUT2D eigenvalue weighted by Crippen LogP contribution is 2.15. The maximum atomic E-state index is 11.6. The predicted molar refractivity (Wildman–Crippen MR) is 72.1 cm³/mol. The molecule has 1 aromatic rings. The standard InChI is InChI=1S/C11H18N6O/c1-7-8(18)17(6)11-13-9(15(2)3)12-10(14-11)16(4)5/h7H,1H2,2-6H3. The third kappa shape index (κ3) is 2.93. The van der Waals surface area contributed by atoms with E-state index in [-0.39, 0.29) is 5.91 Å². The van der Waals surface area contributed by atoms with E-state index < -0.39 is 0 Å². The molecule has 18 heavy (non-hydrogen) atoms. The van der Waals surface area contributed by atoms with Crippen molar-refractivity contribution in [1.29, 1.82) is 0 Å². The van der Waals surface area contributed by atoms with Crippen LogP contribution in [0.1, 0.15) is 0 Å². The van der Waals surface area contributed by atoms with Gasteiger partial charge in [-0.3, -0.25) is 9.69 Å². The second-order valence-electron chi connectivity index (χ2n) is 4.13. The number of rotatable bonds is 4. The third-order valence-corrected chi connectivity index (χ3v) is 2.21. The molecule has 1 aromatic heterocycles. The van der Waals surface area contributed by atoms with E-state index in [1.165, 1.54) is 11.0 Å². The molecule has 0 aromatic carbocycles. The van der Waals surface area contributed by atoms with Crippen molar-refractivity contribution in [3.63, 3.8) is 0 Å². The van der Waals surface area contributed by atoms with Crippen molar-refractivity contribution in [1.82, 2.24) is 15.0 Å². The van der Waals surface area contributed by atoms with Gasteiger partial charge in [0.15, 0.2) is 0 Å². The summed E-state index contributed by atoms with van der Waals surface area (Å²) in [6.07, 6.45) is 1.22. The molecule has 1 heterocycles. The number of nitrogens with zero attached hydrogens (tertiary/aromatic N) is 6. The van der Waals surface area contributed by atoms with Gasteiger partial charge < -0.3 is 9.80 Å². The van der Waals surface area contributed by atoms with Crippen molar-refractivity contribution in [3.05, 3.63) is 12.7 Å². The van der Waals surface area contributed by atoms with E-state index in [9.17, 15) is 4.79 Å². The van der Waals surface area contributed by atoms with Crippen molar-refractivity contribution < 1.29 is 4.79 Å². The zero-order chi connectivity index (χ0) is 13.9. The third-order valence-electron chi connectivity index (χ3n) is 2.21. The second kappa shape index (κ2) is 5.44. The summed E-state index contributed by atoms with van der Waals surface area (Å²) in [4.78, 5) is 29.1. The normalized spacial score (nSPS) is 9.83. The summed E-state index contributed by atoms with van der Waals surface area (Å²) in [5.74, 6) is 1.01. The van der Waals surface area contributed by atoms with E-state index in [0.717, 1.165) is 0 Å². The Kier molecular flexibility index (Phi) is 4.19. The molecule has 0 saturated heterocycles. The quantitative estimate of drug-likeness (QED) is 0.709. The Bertz CT molecular complexity index is 431. The van der Waals surface area contributed by atoms with Gasteiger partial charge >= 0.3 is 0 Å². The summed E-state index contributed by atoms with van der Waals surface area (Å²) in [6, 6.07) is 0. The van der Waals surface area contributed by atoms with Gasteiger partial charge in [0.2, 0.25) is 17.8 Å². The molecule has 0 saturated carbocycles. The molecule has 7 heteroatoms. The van der Waals surface area contributed by atoms with E-state index in [2.05, 4.69) is 21.5 Å². The molecule has 0 aliphatic rings. The molecule has 0 unspecified atom stereocenters. The number of aromatic nitrogens is 3. The van der Waals surface area contributed by atoms with Crippen molar-refractivity contribution >= 4 is 23.8 Å². The highest BCUT2D eigenvalue weighted by molar-refractivity contribution is 5.99. The minimum Gasteiger partial charge on any atom is -0.347 e. The summed E-state index contributed by atoms with van der Waals surface area (Å²) in [5, 5.41) is 0. The average Bonchev–Trinajstić information content (AvgIpc) is 2.36. The summed E-state index contributed by atoms with van der Waals surface area (Å²) in [7, 11) is 8.90. The molecule has 0 aliphatic heterocycles. The van der Waals surface area contributed by atoms with Gasteiger partial charge in [-0.25, -0.2) is 0 Å². The van der Waals surface area contributed by atoms with Gasteiger partial charge in [-0.15, -0.1) is 0 Å². The number of hydrogen-bond donors (Lipinski definition) is 0. The first-order valence-corrected chi connectivity index (χ1v) is 5.37. The highest BCUT2D eigenvalue weighted by atomic mass is 16.2. The maximum absolute atomic E-state index is 11.6. The monoisotopic (exact) mass is 250 g/mol. The molecule has 0 aliphatic carbocycles. The van der Waals surface area contributed by atoms with Gasteiger partial charge in [-0.2, -0.15) is 15.0 Å². The Morgan fingerprint density at radius 2 is 1.33 bits per heavy atom. The number of likely N-dealkylation sites (N-methyl/N-ethyl adjacent to an activating group) is 1. The summed E-state index contributed by atoms with van der Waals surface area (Å²) in [5.41, 5.74) is 0. The van der Waals surface area contributed by atoms with Crippen LogP contribution in [0.15, 0.2) is 12.7 Å². The lowest BCUT2D eigenvalue weighted by Crippen LogP contribution is -2.28. The Morgan fingerprint density at radius 3 is 1.67 bits per heavy atom. The molecule has 7 nitrogen and oxygen atoms in total. The minimum atomic E-state index is -0.268. The molecule has 0 fully saturated rings. The number of amides is 1. The smallest absolute Gasteiger partial charge is 0.252 e. The lowest BCUT2D eigenvalue weighted by molar-refractivity contribution is -0.113. The number of anilines is 3. The summed E-state index contributed by atoms with van der Waals surface area (Å²) < 4.78 is 0. The van der Waals surface area contributed by atoms with Crippen LogP contribution in [0, 0.1) is 0 Å². The first-order chi connectivity index (χ1) is 8.36. The Morgan fingerprint density at radius 1 is 0.944 bits per heavy atom. The van der Waals surface area contributed by atoms with Gasteiger partial charge in [-0.05, 0) is 6.08 Å². The zero-order valence-electron chi connectivity index (χ0n) is 11.4. The van der Waals surface area contributed by atoms with E-state index in [1.54, 1.807) is 16.8 Å². The van der Waals surface area contributed by atoms with Crippen LogP contribution in [0.5, 0.6) is 0 Å². The largest absolute Gasteiger partial charge is 0.347 e. The van der Waals surface area contributed by atoms with Crippen LogP contribution >= 0.6 is 0 Å². The van der Waals surface area contributed by atoms with Gasteiger partial charge in [-0.1, -0.05) is 6.58 Å². The molecule has 98 valence electrons. The molecule has 0 bridgehead atoms.